The minimum absolute atomic E-state index is 0.137. The van der Waals surface area contributed by atoms with Crippen LogP contribution in [0.5, 0.6) is 0 Å². The molecule has 0 amide bonds. The molecule has 0 unspecified atom stereocenters. The lowest BCUT2D eigenvalue weighted by Crippen LogP contribution is -2.69. The Bertz CT molecular complexity index is 248. The van der Waals surface area contributed by atoms with Gasteiger partial charge in [0.1, 0.15) is 0 Å². The van der Waals surface area contributed by atoms with Gasteiger partial charge in [-0.25, -0.2) is 8.78 Å². The molecule has 4 aliphatic rings. The van der Waals surface area contributed by atoms with Crippen LogP contribution in [0.4, 0.5) is 17.6 Å². The zero-order chi connectivity index (χ0) is 10.2. The second-order valence-electron chi connectivity index (χ2n) is 5.29. The summed E-state index contributed by atoms with van der Waals surface area (Å²) in [5, 5.41) is 0. The molecule has 0 saturated heterocycles. The van der Waals surface area contributed by atoms with Gasteiger partial charge in [0.05, 0.1) is 0 Å². The van der Waals surface area contributed by atoms with Crippen LogP contribution in [0.15, 0.2) is 0 Å². The van der Waals surface area contributed by atoms with Crippen molar-refractivity contribution in [1.29, 1.82) is 0 Å². The van der Waals surface area contributed by atoms with Crippen LogP contribution < -0.4 is 0 Å². The lowest BCUT2D eigenvalue weighted by atomic mass is 9.52. The molecule has 0 N–H and O–H groups in total. The first kappa shape index (κ1) is 8.98. The van der Waals surface area contributed by atoms with Gasteiger partial charge in [0.25, 0.3) is 0 Å². The normalized spacial score (nSPS) is 59.1. The molecule has 4 aliphatic carbocycles. The lowest BCUT2D eigenvalue weighted by molar-refractivity contribution is -0.305. The number of rotatable bonds is 0. The van der Waals surface area contributed by atoms with Crippen molar-refractivity contribution in [3.05, 3.63) is 0 Å². The largest absolute Gasteiger partial charge is 0.314 e. The highest BCUT2D eigenvalue weighted by Crippen LogP contribution is 2.66. The Morgan fingerprint density at radius 3 is 1.43 bits per heavy atom. The van der Waals surface area contributed by atoms with Gasteiger partial charge in [-0.3, -0.25) is 0 Å². The standard InChI is InChI=1S/C10H12F4/c11-8-2-6-1-7(4-8)5-9(12,3-6)10(8,13)14/h6-7H,1-5H2. The van der Waals surface area contributed by atoms with Crippen molar-refractivity contribution in [2.75, 3.05) is 0 Å². The lowest BCUT2D eigenvalue weighted by Gasteiger charge is -2.59. The van der Waals surface area contributed by atoms with Crippen molar-refractivity contribution in [2.24, 2.45) is 11.8 Å². The molecule has 0 heterocycles. The van der Waals surface area contributed by atoms with Crippen molar-refractivity contribution in [3.63, 3.8) is 0 Å². The third-order valence-corrected chi connectivity index (χ3v) is 4.24. The van der Waals surface area contributed by atoms with Gasteiger partial charge in [0, 0.05) is 0 Å². The predicted molar refractivity (Wildman–Crippen MR) is 42.7 cm³/mol. The Kier molecular flexibility index (Phi) is 1.36. The highest BCUT2D eigenvalue weighted by atomic mass is 19.3. The average Bonchev–Trinajstić information content (AvgIpc) is 1.98. The molecule has 14 heavy (non-hydrogen) atoms. The molecule has 4 fully saturated rings. The second-order valence-corrected chi connectivity index (χ2v) is 5.29. The van der Waals surface area contributed by atoms with E-state index in [0.29, 0.717) is 0 Å². The maximum Gasteiger partial charge on any atom is 0.314 e. The summed E-state index contributed by atoms with van der Waals surface area (Å²) in [4.78, 5) is 0. The minimum Gasteiger partial charge on any atom is -0.237 e. The summed E-state index contributed by atoms with van der Waals surface area (Å²) < 4.78 is 54.9. The molecule has 0 aromatic carbocycles. The topological polar surface area (TPSA) is 0 Å². The summed E-state index contributed by atoms with van der Waals surface area (Å²) in [6.45, 7) is 0. The van der Waals surface area contributed by atoms with Crippen molar-refractivity contribution in [2.45, 2.75) is 49.4 Å². The van der Waals surface area contributed by atoms with E-state index in [1.165, 1.54) is 0 Å². The van der Waals surface area contributed by atoms with Gasteiger partial charge < -0.3 is 0 Å². The zero-order valence-corrected chi connectivity index (χ0v) is 7.70. The van der Waals surface area contributed by atoms with Gasteiger partial charge in [0.2, 0.25) is 0 Å². The van der Waals surface area contributed by atoms with Crippen LogP contribution in [-0.4, -0.2) is 17.3 Å². The van der Waals surface area contributed by atoms with Crippen LogP contribution >= 0.6 is 0 Å². The molecular formula is C10H12F4. The van der Waals surface area contributed by atoms with E-state index < -0.39 is 17.3 Å². The summed E-state index contributed by atoms with van der Waals surface area (Å²) in [5.41, 5.74) is -5.10. The maximum absolute atomic E-state index is 13.9. The summed E-state index contributed by atoms with van der Waals surface area (Å²) in [7, 11) is 0. The molecule has 0 aliphatic heterocycles. The molecule has 0 atom stereocenters. The molecular weight excluding hydrogens is 196 g/mol. The fourth-order valence-corrected chi connectivity index (χ4v) is 3.86. The Hall–Kier alpha value is -0.280. The second kappa shape index (κ2) is 2.12. The fraction of sp³-hybridized carbons (Fsp3) is 1.00. The molecule has 0 radical (unpaired) electrons. The summed E-state index contributed by atoms with van der Waals surface area (Å²) >= 11 is 0. The van der Waals surface area contributed by atoms with Gasteiger partial charge in [-0.2, -0.15) is 8.78 Å². The molecule has 0 nitrogen and oxygen atoms in total. The number of halogens is 4. The smallest absolute Gasteiger partial charge is 0.237 e. The Balaban J connectivity index is 2.10. The van der Waals surface area contributed by atoms with E-state index in [1.807, 2.05) is 0 Å². The van der Waals surface area contributed by atoms with Gasteiger partial charge >= 0.3 is 5.92 Å². The summed E-state index contributed by atoms with van der Waals surface area (Å²) in [5.74, 6) is -4.07. The summed E-state index contributed by atoms with van der Waals surface area (Å²) in [6.07, 6.45) is 0.197. The van der Waals surface area contributed by atoms with Crippen molar-refractivity contribution in [1.82, 2.24) is 0 Å². The van der Waals surface area contributed by atoms with E-state index in [0.717, 1.165) is 6.42 Å². The van der Waals surface area contributed by atoms with Gasteiger partial charge in [-0.15, -0.1) is 0 Å². The molecule has 4 saturated carbocycles. The Morgan fingerprint density at radius 1 is 0.714 bits per heavy atom. The van der Waals surface area contributed by atoms with Gasteiger partial charge in [-0.05, 0) is 43.9 Å². The summed E-state index contributed by atoms with van der Waals surface area (Å²) in [6, 6.07) is 0. The number of alkyl halides is 4. The molecule has 0 aromatic heterocycles. The van der Waals surface area contributed by atoms with Crippen LogP contribution in [0.3, 0.4) is 0 Å². The van der Waals surface area contributed by atoms with E-state index in [9.17, 15) is 17.6 Å². The SMILES string of the molecule is FC12CC3CC(C1)CC(F)(C3)C2(F)F. The molecule has 80 valence electrons. The molecule has 0 aromatic rings. The van der Waals surface area contributed by atoms with Crippen LogP contribution in [0.1, 0.15) is 32.1 Å². The van der Waals surface area contributed by atoms with Crippen LogP contribution in [0, 0.1) is 11.8 Å². The maximum atomic E-state index is 13.9. The van der Waals surface area contributed by atoms with Crippen LogP contribution in [0.25, 0.3) is 0 Å². The van der Waals surface area contributed by atoms with Crippen molar-refractivity contribution in [3.8, 4) is 0 Å². The van der Waals surface area contributed by atoms with E-state index in [-0.39, 0.29) is 37.5 Å². The number of hydrogen-bond acceptors (Lipinski definition) is 0. The quantitative estimate of drug-likeness (QED) is 0.536. The van der Waals surface area contributed by atoms with E-state index >= 15 is 0 Å². The highest BCUT2D eigenvalue weighted by Gasteiger charge is 2.76. The monoisotopic (exact) mass is 208 g/mol. The average molecular weight is 208 g/mol. The van der Waals surface area contributed by atoms with E-state index in [1.54, 1.807) is 0 Å². The first-order valence-corrected chi connectivity index (χ1v) is 5.12. The fourth-order valence-electron chi connectivity index (χ4n) is 3.86. The third-order valence-electron chi connectivity index (χ3n) is 4.24. The first-order valence-electron chi connectivity index (χ1n) is 5.12. The molecule has 4 rings (SSSR count). The molecule has 4 bridgehead atoms. The van der Waals surface area contributed by atoms with E-state index in [4.69, 9.17) is 0 Å². The van der Waals surface area contributed by atoms with Crippen LogP contribution in [-0.2, 0) is 0 Å². The van der Waals surface area contributed by atoms with Crippen molar-refractivity contribution >= 4 is 0 Å². The Labute approximate surface area is 79.7 Å². The zero-order valence-electron chi connectivity index (χ0n) is 7.70. The third kappa shape index (κ3) is 0.774. The first-order chi connectivity index (χ1) is 6.36. The predicted octanol–water partition coefficient (Wildman–Crippen LogP) is 3.26. The minimum atomic E-state index is -3.76. The van der Waals surface area contributed by atoms with Gasteiger partial charge in [-0.1, -0.05) is 0 Å². The Morgan fingerprint density at radius 2 is 1.07 bits per heavy atom. The molecule has 4 heteroatoms. The van der Waals surface area contributed by atoms with Crippen LogP contribution in [0.2, 0.25) is 0 Å². The van der Waals surface area contributed by atoms with Gasteiger partial charge in [0.15, 0.2) is 11.3 Å². The van der Waals surface area contributed by atoms with E-state index in [2.05, 4.69) is 0 Å². The molecule has 0 spiro atoms. The number of hydrogen-bond donors (Lipinski definition) is 0. The highest BCUT2D eigenvalue weighted by molar-refractivity contribution is 5.19. The van der Waals surface area contributed by atoms with Crippen molar-refractivity contribution < 1.29 is 17.6 Å².